The average molecular weight is 290 g/mol. The second-order valence-electron chi connectivity index (χ2n) is 4.31. The summed E-state index contributed by atoms with van der Waals surface area (Å²) >= 11 is 0. The van der Waals surface area contributed by atoms with Crippen molar-refractivity contribution in [3.63, 3.8) is 0 Å². The third-order valence-electron chi connectivity index (χ3n) is 2.77. The van der Waals surface area contributed by atoms with E-state index < -0.39 is 10.0 Å². The maximum atomic E-state index is 11.4. The Balaban J connectivity index is 2.39. The van der Waals surface area contributed by atoms with Crippen molar-refractivity contribution >= 4 is 21.9 Å². The number of primary sulfonamides is 1. The quantitative estimate of drug-likeness (QED) is 0.848. The van der Waals surface area contributed by atoms with Crippen LogP contribution in [0.3, 0.4) is 0 Å². The van der Waals surface area contributed by atoms with E-state index in [2.05, 4.69) is 4.99 Å². The molecule has 2 aromatic rings. The van der Waals surface area contributed by atoms with Gasteiger partial charge in [-0.25, -0.2) is 13.6 Å². The van der Waals surface area contributed by atoms with Crippen molar-refractivity contribution < 1.29 is 13.5 Å². The highest BCUT2D eigenvalue weighted by Crippen LogP contribution is 2.22. The first kappa shape index (κ1) is 14.2. The molecule has 0 aromatic heterocycles. The van der Waals surface area contributed by atoms with Crippen molar-refractivity contribution in [3.05, 3.63) is 53.6 Å². The zero-order valence-corrected chi connectivity index (χ0v) is 11.6. The van der Waals surface area contributed by atoms with Crippen LogP contribution in [0.5, 0.6) is 5.75 Å². The third kappa shape index (κ3) is 3.23. The summed E-state index contributed by atoms with van der Waals surface area (Å²) in [6.45, 7) is 1.66. The van der Waals surface area contributed by atoms with Gasteiger partial charge in [0.05, 0.1) is 10.6 Å². The molecule has 0 saturated heterocycles. The van der Waals surface area contributed by atoms with Crippen LogP contribution >= 0.6 is 0 Å². The summed E-state index contributed by atoms with van der Waals surface area (Å²) in [4.78, 5) is 4.19. The normalized spacial score (nSPS) is 11.9. The van der Waals surface area contributed by atoms with Crippen LogP contribution in [-0.2, 0) is 10.0 Å². The molecule has 2 rings (SSSR count). The predicted molar refractivity (Wildman–Crippen MR) is 77.9 cm³/mol. The highest BCUT2D eigenvalue weighted by atomic mass is 32.2. The van der Waals surface area contributed by atoms with Gasteiger partial charge in [-0.3, -0.25) is 4.99 Å². The number of hydrogen-bond acceptors (Lipinski definition) is 4. The second kappa shape index (κ2) is 5.44. The molecule has 3 N–H and O–H groups in total. The topological polar surface area (TPSA) is 92.8 Å². The van der Waals surface area contributed by atoms with Gasteiger partial charge in [0.15, 0.2) is 0 Å². The minimum atomic E-state index is -3.77. The van der Waals surface area contributed by atoms with E-state index in [9.17, 15) is 13.5 Å². The first-order chi connectivity index (χ1) is 9.38. The predicted octanol–water partition coefficient (Wildman–Crippen LogP) is 2.10. The maximum absolute atomic E-state index is 11.4. The molecule has 5 nitrogen and oxygen atoms in total. The lowest BCUT2D eigenvalue weighted by atomic mass is 10.2. The standard InChI is InChI=1S/C14H14N2O3S/c1-10-6-7-12(8-14(10)20(15,18)19)16-9-11-4-2-3-5-13(11)17/h2-9,17H,1H3,(H2,15,18,19). The molecule has 2 aromatic carbocycles. The van der Waals surface area contributed by atoms with Gasteiger partial charge in [-0.1, -0.05) is 18.2 Å². The zero-order chi connectivity index (χ0) is 14.8. The van der Waals surface area contributed by atoms with Crippen molar-refractivity contribution in [1.29, 1.82) is 0 Å². The van der Waals surface area contributed by atoms with Crippen LogP contribution in [0.2, 0.25) is 0 Å². The fourth-order valence-corrected chi connectivity index (χ4v) is 2.52. The van der Waals surface area contributed by atoms with Gasteiger partial charge in [0, 0.05) is 11.8 Å². The van der Waals surface area contributed by atoms with E-state index in [1.54, 1.807) is 43.3 Å². The Bertz CT molecular complexity index is 768. The van der Waals surface area contributed by atoms with Gasteiger partial charge in [-0.05, 0) is 36.8 Å². The number of rotatable bonds is 3. The molecule has 0 fully saturated rings. The van der Waals surface area contributed by atoms with Crippen LogP contribution in [0.25, 0.3) is 0 Å². The Hall–Kier alpha value is -2.18. The number of nitrogens with zero attached hydrogens (tertiary/aromatic N) is 1. The number of para-hydroxylation sites is 1. The van der Waals surface area contributed by atoms with E-state index in [0.717, 1.165) is 0 Å². The van der Waals surface area contributed by atoms with Crippen molar-refractivity contribution in [1.82, 2.24) is 0 Å². The summed E-state index contributed by atoms with van der Waals surface area (Å²) in [5.74, 6) is 0.107. The van der Waals surface area contributed by atoms with Crippen LogP contribution in [0.15, 0.2) is 52.4 Å². The van der Waals surface area contributed by atoms with Crippen molar-refractivity contribution in [2.75, 3.05) is 0 Å². The largest absolute Gasteiger partial charge is 0.507 e. The molecule has 0 bridgehead atoms. The number of aliphatic imine (C=N–C) groups is 1. The van der Waals surface area contributed by atoms with Crippen molar-refractivity contribution in [2.45, 2.75) is 11.8 Å². The van der Waals surface area contributed by atoms with Gasteiger partial charge in [-0.15, -0.1) is 0 Å². The molecule has 104 valence electrons. The van der Waals surface area contributed by atoms with E-state index >= 15 is 0 Å². The molecule has 0 aliphatic rings. The number of nitrogens with two attached hydrogens (primary N) is 1. The Morgan fingerprint density at radius 2 is 1.90 bits per heavy atom. The summed E-state index contributed by atoms with van der Waals surface area (Å²) in [7, 11) is -3.77. The SMILES string of the molecule is Cc1ccc(N=Cc2ccccc2O)cc1S(N)(=O)=O. The molecule has 0 aliphatic heterocycles. The number of phenols is 1. The summed E-state index contributed by atoms with van der Waals surface area (Å²) in [6, 6.07) is 11.4. The number of hydrogen-bond donors (Lipinski definition) is 2. The number of sulfonamides is 1. The summed E-state index contributed by atoms with van der Waals surface area (Å²) in [5, 5.41) is 14.7. The molecule has 0 atom stereocenters. The van der Waals surface area contributed by atoms with E-state index in [-0.39, 0.29) is 10.6 Å². The smallest absolute Gasteiger partial charge is 0.238 e. The monoisotopic (exact) mass is 290 g/mol. The lowest BCUT2D eigenvalue weighted by Crippen LogP contribution is -2.13. The number of aryl methyl sites for hydroxylation is 1. The first-order valence-corrected chi connectivity index (χ1v) is 7.38. The lowest BCUT2D eigenvalue weighted by Gasteiger charge is -2.04. The van der Waals surface area contributed by atoms with E-state index in [4.69, 9.17) is 5.14 Å². The van der Waals surface area contributed by atoms with Crippen LogP contribution in [0.1, 0.15) is 11.1 Å². The number of aromatic hydroxyl groups is 1. The summed E-state index contributed by atoms with van der Waals surface area (Å²) in [5.41, 5.74) is 1.56. The van der Waals surface area contributed by atoms with Gasteiger partial charge in [0.1, 0.15) is 5.75 Å². The van der Waals surface area contributed by atoms with Gasteiger partial charge >= 0.3 is 0 Å². The van der Waals surface area contributed by atoms with E-state index in [1.165, 1.54) is 12.3 Å². The lowest BCUT2D eigenvalue weighted by molar-refractivity contribution is 0.474. The fourth-order valence-electron chi connectivity index (χ4n) is 1.72. The molecule has 0 spiro atoms. The summed E-state index contributed by atoms with van der Waals surface area (Å²) < 4.78 is 22.8. The van der Waals surface area contributed by atoms with Gasteiger partial charge in [-0.2, -0.15) is 0 Å². The molecule has 0 saturated carbocycles. The highest BCUT2D eigenvalue weighted by Gasteiger charge is 2.11. The molecule has 0 aliphatic carbocycles. The second-order valence-corrected chi connectivity index (χ2v) is 5.84. The number of phenolic OH excluding ortho intramolecular Hbond substituents is 1. The summed E-state index contributed by atoms with van der Waals surface area (Å²) in [6.07, 6.45) is 1.47. The molecular formula is C14H14N2O3S. The van der Waals surface area contributed by atoms with Crippen molar-refractivity contribution in [2.24, 2.45) is 10.1 Å². The Morgan fingerprint density at radius 1 is 1.20 bits per heavy atom. The zero-order valence-electron chi connectivity index (χ0n) is 10.8. The number of benzene rings is 2. The Kier molecular flexibility index (Phi) is 3.87. The molecule has 0 unspecified atom stereocenters. The van der Waals surface area contributed by atoms with Crippen LogP contribution in [0, 0.1) is 6.92 Å². The molecule has 0 amide bonds. The van der Waals surface area contributed by atoms with Crippen molar-refractivity contribution in [3.8, 4) is 5.75 Å². The Labute approximate surface area is 117 Å². The highest BCUT2D eigenvalue weighted by molar-refractivity contribution is 7.89. The first-order valence-electron chi connectivity index (χ1n) is 5.83. The molecule has 6 heteroatoms. The van der Waals surface area contributed by atoms with Gasteiger partial charge in [0.2, 0.25) is 10.0 Å². The average Bonchev–Trinajstić information content (AvgIpc) is 2.38. The molecule has 20 heavy (non-hydrogen) atoms. The molecule has 0 radical (unpaired) electrons. The van der Waals surface area contributed by atoms with E-state index in [1.807, 2.05) is 0 Å². The minimum absolute atomic E-state index is 0.0458. The maximum Gasteiger partial charge on any atom is 0.238 e. The fraction of sp³-hybridized carbons (Fsp3) is 0.0714. The van der Waals surface area contributed by atoms with Crippen LogP contribution < -0.4 is 5.14 Å². The Morgan fingerprint density at radius 3 is 2.55 bits per heavy atom. The van der Waals surface area contributed by atoms with Gasteiger partial charge in [0.25, 0.3) is 0 Å². The van der Waals surface area contributed by atoms with Crippen LogP contribution in [-0.4, -0.2) is 19.7 Å². The third-order valence-corrected chi connectivity index (χ3v) is 3.82. The minimum Gasteiger partial charge on any atom is -0.507 e. The van der Waals surface area contributed by atoms with Gasteiger partial charge < -0.3 is 5.11 Å². The molecule has 0 heterocycles. The van der Waals surface area contributed by atoms with E-state index in [0.29, 0.717) is 16.8 Å². The van der Waals surface area contributed by atoms with Crippen LogP contribution in [0.4, 0.5) is 5.69 Å². The molecular weight excluding hydrogens is 276 g/mol.